The van der Waals surface area contributed by atoms with E-state index in [1.807, 2.05) is 18.5 Å². The molecule has 1 atom stereocenters. The monoisotopic (exact) mass is 363 g/mol. The summed E-state index contributed by atoms with van der Waals surface area (Å²) in [4.78, 5) is 7.30. The fraction of sp³-hybridized carbons (Fsp3) is 0.842. The number of aryl methyl sites for hydroxylation is 1. The summed E-state index contributed by atoms with van der Waals surface area (Å²) in [6.45, 7) is 11.3. The molecule has 26 heavy (non-hydrogen) atoms. The first kappa shape index (κ1) is 20.7. The predicted octanol–water partition coefficient (Wildman–Crippen LogP) is 2.22. The van der Waals surface area contributed by atoms with Gasteiger partial charge in [-0.1, -0.05) is 33.1 Å². The number of aromatic nitrogens is 3. The van der Waals surface area contributed by atoms with E-state index in [9.17, 15) is 0 Å². The van der Waals surface area contributed by atoms with Crippen molar-refractivity contribution in [1.82, 2.24) is 30.3 Å². The average molecular weight is 364 g/mol. The van der Waals surface area contributed by atoms with Crippen LogP contribution in [0.5, 0.6) is 0 Å². The molecular weight excluding hydrogens is 326 g/mol. The van der Waals surface area contributed by atoms with Gasteiger partial charge in [0.1, 0.15) is 12.4 Å². The number of likely N-dealkylation sites (tertiary alicyclic amines) is 1. The second-order valence-corrected chi connectivity index (χ2v) is 7.18. The van der Waals surface area contributed by atoms with Gasteiger partial charge in [0.2, 0.25) is 0 Å². The quantitative estimate of drug-likeness (QED) is 0.379. The number of hydrogen-bond donors (Lipinski definition) is 2. The van der Waals surface area contributed by atoms with E-state index in [-0.39, 0.29) is 0 Å². The molecule has 0 aliphatic carbocycles. The van der Waals surface area contributed by atoms with Crippen LogP contribution in [0.3, 0.4) is 0 Å². The largest absolute Gasteiger partial charge is 0.356 e. The molecule has 1 unspecified atom stereocenters. The zero-order chi connectivity index (χ0) is 18.8. The lowest BCUT2D eigenvalue weighted by Crippen LogP contribution is -2.45. The fourth-order valence-electron chi connectivity index (χ4n) is 3.43. The first-order valence-electron chi connectivity index (χ1n) is 10.3. The molecule has 0 amide bonds. The van der Waals surface area contributed by atoms with Crippen LogP contribution in [0.1, 0.15) is 64.0 Å². The molecule has 1 aromatic heterocycles. The third-order valence-corrected chi connectivity index (χ3v) is 5.29. The van der Waals surface area contributed by atoms with E-state index < -0.39 is 0 Å². The molecule has 7 heteroatoms. The molecule has 0 spiro atoms. The third kappa shape index (κ3) is 6.27. The standard InChI is InChI=1S/C19H37N7/c1-5-7-8-9-12-20-19(21-14-17-11-10-13-26(17)6-2)22-15-18-24-23-16(3)25(18)4/h17H,5-15H2,1-4H3,(H2,20,21,22). The maximum atomic E-state index is 4.75. The van der Waals surface area contributed by atoms with Crippen molar-refractivity contribution < 1.29 is 0 Å². The van der Waals surface area contributed by atoms with Crippen LogP contribution in [0.2, 0.25) is 0 Å². The van der Waals surface area contributed by atoms with Crippen molar-refractivity contribution in [3.63, 3.8) is 0 Å². The molecule has 0 bridgehead atoms. The van der Waals surface area contributed by atoms with E-state index in [2.05, 4.69) is 39.6 Å². The van der Waals surface area contributed by atoms with Gasteiger partial charge in [0.15, 0.2) is 11.8 Å². The van der Waals surface area contributed by atoms with Gasteiger partial charge in [0.05, 0.1) is 0 Å². The van der Waals surface area contributed by atoms with Gasteiger partial charge < -0.3 is 15.2 Å². The van der Waals surface area contributed by atoms with Gasteiger partial charge in [-0.2, -0.15) is 0 Å². The Morgan fingerprint density at radius 1 is 1.19 bits per heavy atom. The molecule has 1 aromatic rings. The highest BCUT2D eigenvalue weighted by Gasteiger charge is 2.22. The smallest absolute Gasteiger partial charge is 0.191 e. The Bertz CT molecular complexity index is 552. The van der Waals surface area contributed by atoms with Gasteiger partial charge in [-0.3, -0.25) is 4.90 Å². The molecule has 1 aliphatic heterocycles. The molecule has 2 N–H and O–H groups in total. The van der Waals surface area contributed by atoms with Crippen LogP contribution in [0.15, 0.2) is 4.99 Å². The summed E-state index contributed by atoms with van der Waals surface area (Å²) in [6.07, 6.45) is 7.59. The second kappa shape index (κ2) is 11.2. The molecule has 0 aromatic carbocycles. The maximum Gasteiger partial charge on any atom is 0.191 e. The third-order valence-electron chi connectivity index (χ3n) is 5.29. The summed E-state index contributed by atoms with van der Waals surface area (Å²) >= 11 is 0. The van der Waals surface area contributed by atoms with Crippen molar-refractivity contribution in [3.8, 4) is 0 Å². The van der Waals surface area contributed by atoms with Crippen molar-refractivity contribution in [1.29, 1.82) is 0 Å². The topological polar surface area (TPSA) is 70.4 Å². The minimum Gasteiger partial charge on any atom is -0.356 e. The summed E-state index contributed by atoms with van der Waals surface area (Å²) in [6, 6.07) is 0.615. The molecule has 1 fully saturated rings. The predicted molar refractivity (Wildman–Crippen MR) is 107 cm³/mol. The Balaban J connectivity index is 1.89. The molecule has 148 valence electrons. The van der Waals surface area contributed by atoms with Crippen molar-refractivity contribution >= 4 is 5.96 Å². The van der Waals surface area contributed by atoms with Crippen LogP contribution in [-0.2, 0) is 13.6 Å². The SMILES string of the molecule is CCCCCCNC(=NCc1nnc(C)n1C)NCC1CCCN1CC. The summed E-state index contributed by atoms with van der Waals surface area (Å²) in [5, 5.41) is 15.4. The summed E-state index contributed by atoms with van der Waals surface area (Å²) < 4.78 is 2.00. The highest BCUT2D eigenvalue weighted by Crippen LogP contribution is 2.15. The Morgan fingerprint density at radius 3 is 2.73 bits per heavy atom. The van der Waals surface area contributed by atoms with Gasteiger partial charge in [-0.05, 0) is 39.3 Å². The Kier molecular flexibility index (Phi) is 8.88. The minimum atomic E-state index is 0.545. The highest BCUT2D eigenvalue weighted by molar-refractivity contribution is 5.79. The number of nitrogens with zero attached hydrogens (tertiary/aromatic N) is 5. The molecule has 2 rings (SSSR count). The van der Waals surface area contributed by atoms with Gasteiger partial charge in [-0.15, -0.1) is 10.2 Å². The van der Waals surface area contributed by atoms with E-state index in [4.69, 9.17) is 4.99 Å². The van der Waals surface area contributed by atoms with E-state index in [0.717, 1.165) is 37.2 Å². The number of hydrogen-bond acceptors (Lipinski definition) is 4. The Hall–Kier alpha value is -1.63. The minimum absolute atomic E-state index is 0.545. The molecule has 1 aliphatic rings. The van der Waals surface area contributed by atoms with Crippen LogP contribution in [0.25, 0.3) is 0 Å². The lowest BCUT2D eigenvalue weighted by atomic mass is 10.2. The molecule has 7 nitrogen and oxygen atoms in total. The number of aliphatic imine (C=N–C) groups is 1. The number of likely N-dealkylation sites (N-methyl/N-ethyl adjacent to an activating group) is 1. The number of rotatable bonds is 10. The van der Waals surface area contributed by atoms with Gasteiger partial charge in [0.25, 0.3) is 0 Å². The van der Waals surface area contributed by atoms with Crippen LogP contribution < -0.4 is 10.6 Å². The molecular formula is C19H37N7. The maximum absolute atomic E-state index is 4.75. The lowest BCUT2D eigenvalue weighted by molar-refractivity contribution is 0.267. The molecule has 2 heterocycles. The first-order chi connectivity index (χ1) is 12.7. The molecule has 0 saturated carbocycles. The molecule has 0 radical (unpaired) electrons. The van der Waals surface area contributed by atoms with Crippen LogP contribution >= 0.6 is 0 Å². The summed E-state index contributed by atoms with van der Waals surface area (Å²) in [5.41, 5.74) is 0. The van der Waals surface area contributed by atoms with Crippen molar-refractivity contribution in [2.45, 2.75) is 71.9 Å². The second-order valence-electron chi connectivity index (χ2n) is 7.18. The Morgan fingerprint density at radius 2 is 2.04 bits per heavy atom. The van der Waals surface area contributed by atoms with Crippen LogP contribution in [0, 0.1) is 6.92 Å². The van der Waals surface area contributed by atoms with Gasteiger partial charge in [0, 0.05) is 26.2 Å². The number of unbranched alkanes of at least 4 members (excludes halogenated alkanes) is 3. The van der Waals surface area contributed by atoms with Crippen LogP contribution in [0.4, 0.5) is 0 Å². The summed E-state index contributed by atoms with van der Waals surface area (Å²) in [5.74, 6) is 2.71. The van der Waals surface area contributed by atoms with Crippen molar-refractivity contribution in [3.05, 3.63) is 11.6 Å². The van der Waals surface area contributed by atoms with Crippen molar-refractivity contribution in [2.24, 2.45) is 12.0 Å². The van der Waals surface area contributed by atoms with Gasteiger partial charge in [-0.25, -0.2) is 4.99 Å². The zero-order valence-electron chi connectivity index (χ0n) is 17.1. The molecule has 1 saturated heterocycles. The normalized spacial score (nSPS) is 18.5. The summed E-state index contributed by atoms with van der Waals surface area (Å²) in [7, 11) is 1.99. The van der Waals surface area contributed by atoms with E-state index in [0.29, 0.717) is 12.6 Å². The van der Waals surface area contributed by atoms with Crippen molar-refractivity contribution in [2.75, 3.05) is 26.2 Å². The average Bonchev–Trinajstić information content (AvgIpc) is 3.23. The number of guanidine groups is 1. The van der Waals surface area contributed by atoms with Gasteiger partial charge >= 0.3 is 0 Å². The van der Waals surface area contributed by atoms with Crippen LogP contribution in [-0.4, -0.2) is 57.8 Å². The van der Waals surface area contributed by atoms with E-state index in [1.165, 1.54) is 45.1 Å². The highest BCUT2D eigenvalue weighted by atomic mass is 15.3. The Labute approximate surface area is 158 Å². The van der Waals surface area contributed by atoms with E-state index >= 15 is 0 Å². The lowest BCUT2D eigenvalue weighted by Gasteiger charge is -2.24. The van der Waals surface area contributed by atoms with E-state index in [1.54, 1.807) is 0 Å². The first-order valence-corrected chi connectivity index (χ1v) is 10.3. The number of nitrogens with one attached hydrogen (secondary N) is 2. The fourth-order valence-corrected chi connectivity index (χ4v) is 3.43. The zero-order valence-corrected chi connectivity index (χ0v) is 17.1.